The first kappa shape index (κ1) is 28.5. The van der Waals surface area contributed by atoms with Crippen molar-refractivity contribution in [3.05, 3.63) is 77.4 Å². The monoisotopic (exact) mass is 504 g/mol. The van der Waals surface area contributed by atoms with Crippen LogP contribution in [-0.4, -0.2) is 15.9 Å². The fraction of sp³-hybridized carbons (Fsp3) is 0.469. The Morgan fingerprint density at radius 3 is 2.00 bits per heavy atom. The molecule has 37 heavy (non-hydrogen) atoms. The highest BCUT2D eigenvalue weighted by atomic mass is 19.1. The van der Waals surface area contributed by atoms with Crippen LogP contribution in [0.1, 0.15) is 106 Å². The third kappa shape index (κ3) is 9.71. The van der Waals surface area contributed by atoms with Crippen LogP contribution in [0.5, 0.6) is 5.75 Å². The second kappa shape index (κ2) is 15.9. The zero-order valence-corrected chi connectivity index (χ0v) is 22.5. The summed E-state index contributed by atoms with van der Waals surface area (Å²) in [5, 5.41) is 0. The van der Waals surface area contributed by atoms with E-state index in [1.807, 2.05) is 24.5 Å². The number of aromatic nitrogens is 2. The average Bonchev–Trinajstić information content (AvgIpc) is 2.92. The van der Waals surface area contributed by atoms with Crippen molar-refractivity contribution in [2.75, 3.05) is 0 Å². The molecular formula is C32H41FN2O2. The van der Waals surface area contributed by atoms with Crippen LogP contribution in [-0.2, 0) is 12.8 Å². The molecule has 0 aliphatic heterocycles. The fourth-order valence-electron chi connectivity index (χ4n) is 4.38. The van der Waals surface area contributed by atoms with Crippen LogP contribution in [0.15, 0.2) is 54.9 Å². The number of halogens is 1. The van der Waals surface area contributed by atoms with Crippen molar-refractivity contribution in [3.8, 4) is 17.1 Å². The smallest absolute Gasteiger partial charge is 0.343 e. The van der Waals surface area contributed by atoms with Crippen molar-refractivity contribution in [1.29, 1.82) is 0 Å². The molecule has 0 atom stereocenters. The summed E-state index contributed by atoms with van der Waals surface area (Å²) in [5.74, 6) is -0.0130. The number of rotatable bonds is 16. The van der Waals surface area contributed by atoms with Gasteiger partial charge in [-0.05, 0) is 55.0 Å². The maximum atomic E-state index is 14.4. The minimum atomic E-state index is -0.521. The van der Waals surface area contributed by atoms with Gasteiger partial charge in [-0.3, -0.25) is 0 Å². The van der Waals surface area contributed by atoms with Crippen molar-refractivity contribution in [2.45, 2.75) is 97.3 Å². The largest absolute Gasteiger partial charge is 0.423 e. The van der Waals surface area contributed by atoms with Gasteiger partial charge in [-0.25, -0.2) is 19.2 Å². The van der Waals surface area contributed by atoms with Crippen molar-refractivity contribution in [2.24, 2.45) is 0 Å². The number of carbonyl (C=O) groups excluding carboxylic acids is 1. The lowest BCUT2D eigenvalue weighted by molar-refractivity contribution is 0.0734. The summed E-state index contributed by atoms with van der Waals surface area (Å²) in [6.07, 6.45) is 18.9. The Balaban J connectivity index is 1.48. The van der Waals surface area contributed by atoms with Gasteiger partial charge in [0.25, 0.3) is 0 Å². The Morgan fingerprint density at radius 1 is 0.757 bits per heavy atom. The maximum Gasteiger partial charge on any atom is 0.343 e. The Hall–Kier alpha value is -3.08. The molecule has 0 unspecified atom stereocenters. The molecule has 0 saturated carbocycles. The molecule has 1 heterocycles. The molecule has 0 radical (unpaired) electrons. The zero-order chi connectivity index (χ0) is 26.3. The molecule has 0 N–H and O–H groups in total. The Bertz CT molecular complexity index is 1080. The second-order valence-electron chi connectivity index (χ2n) is 9.82. The SMILES string of the molecule is CCCCCCCCCc1cnc(-c2ccc(C(=O)Oc3ccc(CCCCCC)c(F)c3)cc2)nc1. The van der Waals surface area contributed by atoms with Gasteiger partial charge in [0, 0.05) is 24.0 Å². The van der Waals surface area contributed by atoms with E-state index in [2.05, 4.69) is 23.8 Å². The molecular weight excluding hydrogens is 463 g/mol. The Morgan fingerprint density at radius 2 is 1.35 bits per heavy atom. The number of hydrogen-bond donors (Lipinski definition) is 0. The molecule has 0 bridgehead atoms. The number of esters is 1. The van der Waals surface area contributed by atoms with Crippen LogP contribution in [0.4, 0.5) is 4.39 Å². The van der Waals surface area contributed by atoms with Gasteiger partial charge in [0.1, 0.15) is 11.6 Å². The third-order valence-corrected chi connectivity index (χ3v) is 6.69. The highest BCUT2D eigenvalue weighted by Crippen LogP contribution is 2.21. The number of carbonyl (C=O) groups is 1. The van der Waals surface area contributed by atoms with E-state index in [0.29, 0.717) is 23.4 Å². The first-order chi connectivity index (χ1) is 18.1. The quantitative estimate of drug-likeness (QED) is 0.111. The van der Waals surface area contributed by atoms with Crippen LogP contribution < -0.4 is 4.74 Å². The molecule has 198 valence electrons. The van der Waals surface area contributed by atoms with Crippen LogP contribution in [0.25, 0.3) is 11.4 Å². The molecule has 0 amide bonds. The first-order valence-corrected chi connectivity index (χ1v) is 14.0. The van der Waals surface area contributed by atoms with E-state index in [1.165, 1.54) is 44.6 Å². The topological polar surface area (TPSA) is 52.1 Å². The lowest BCUT2D eigenvalue weighted by atomic mass is 10.1. The summed E-state index contributed by atoms with van der Waals surface area (Å²) in [4.78, 5) is 21.6. The maximum absolute atomic E-state index is 14.4. The molecule has 1 aromatic heterocycles. The zero-order valence-electron chi connectivity index (χ0n) is 22.5. The van der Waals surface area contributed by atoms with Gasteiger partial charge >= 0.3 is 5.97 Å². The molecule has 0 spiro atoms. The van der Waals surface area contributed by atoms with Crippen molar-refractivity contribution in [3.63, 3.8) is 0 Å². The number of hydrogen-bond acceptors (Lipinski definition) is 4. The lowest BCUT2D eigenvalue weighted by Crippen LogP contribution is -2.09. The molecule has 5 heteroatoms. The predicted octanol–water partition coefficient (Wildman–Crippen LogP) is 8.92. The summed E-state index contributed by atoms with van der Waals surface area (Å²) in [7, 11) is 0. The molecule has 2 aromatic carbocycles. The number of unbranched alkanes of at least 4 members (excludes halogenated alkanes) is 9. The van der Waals surface area contributed by atoms with Gasteiger partial charge in [0.15, 0.2) is 5.82 Å². The van der Waals surface area contributed by atoms with E-state index in [1.54, 1.807) is 24.3 Å². The van der Waals surface area contributed by atoms with E-state index in [0.717, 1.165) is 49.7 Å². The predicted molar refractivity (Wildman–Crippen MR) is 148 cm³/mol. The number of nitrogens with zero attached hydrogens (tertiary/aromatic N) is 2. The number of aryl methyl sites for hydroxylation is 2. The van der Waals surface area contributed by atoms with E-state index >= 15 is 0 Å². The van der Waals surface area contributed by atoms with Gasteiger partial charge in [0.05, 0.1) is 5.56 Å². The van der Waals surface area contributed by atoms with Crippen LogP contribution in [0.3, 0.4) is 0 Å². The Labute approximate surface area is 221 Å². The molecule has 3 aromatic rings. The molecule has 0 aliphatic carbocycles. The van der Waals surface area contributed by atoms with Crippen molar-refractivity contribution in [1.82, 2.24) is 9.97 Å². The van der Waals surface area contributed by atoms with Gasteiger partial charge in [0.2, 0.25) is 0 Å². The van der Waals surface area contributed by atoms with E-state index in [9.17, 15) is 9.18 Å². The Kier molecular flexibility index (Phi) is 12.2. The average molecular weight is 505 g/mol. The summed E-state index contributed by atoms with van der Waals surface area (Å²) >= 11 is 0. The van der Waals surface area contributed by atoms with Gasteiger partial charge in [-0.2, -0.15) is 0 Å². The summed E-state index contributed by atoms with van der Waals surface area (Å²) in [6, 6.07) is 11.7. The fourth-order valence-corrected chi connectivity index (χ4v) is 4.38. The standard InChI is InChI=1S/C32H41FN2O2/c1-3-5-7-9-10-11-12-14-25-23-34-31(35-24-25)27-16-18-28(19-17-27)32(36)37-29-21-20-26(30(33)22-29)15-13-8-6-4-2/h16-24H,3-15H2,1-2H3. The lowest BCUT2D eigenvalue weighted by Gasteiger charge is -2.08. The van der Waals surface area contributed by atoms with E-state index in [-0.39, 0.29) is 11.6 Å². The second-order valence-corrected chi connectivity index (χ2v) is 9.82. The third-order valence-electron chi connectivity index (χ3n) is 6.69. The van der Waals surface area contributed by atoms with Crippen LogP contribution >= 0.6 is 0 Å². The molecule has 0 aliphatic rings. The molecule has 0 saturated heterocycles. The molecule has 0 fully saturated rings. The number of benzene rings is 2. The van der Waals surface area contributed by atoms with Crippen LogP contribution in [0.2, 0.25) is 0 Å². The van der Waals surface area contributed by atoms with Gasteiger partial charge < -0.3 is 4.74 Å². The van der Waals surface area contributed by atoms with E-state index < -0.39 is 5.97 Å². The highest BCUT2D eigenvalue weighted by Gasteiger charge is 2.12. The van der Waals surface area contributed by atoms with Crippen molar-refractivity contribution < 1.29 is 13.9 Å². The molecule has 4 nitrogen and oxygen atoms in total. The summed E-state index contributed by atoms with van der Waals surface area (Å²) in [6.45, 7) is 4.39. The summed E-state index contributed by atoms with van der Waals surface area (Å²) in [5.41, 5.74) is 3.03. The van der Waals surface area contributed by atoms with Crippen LogP contribution in [0, 0.1) is 5.82 Å². The normalized spacial score (nSPS) is 11.0. The van der Waals surface area contributed by atoms with E-state index in [4.69, 9.17) is 4.74 Å². The minimum Gasteiger partial charge on any atom is -0.423 e. The van der Waals surface area contributed by atoms with Gasteiger partial charge in [-0.1, -0.05) is 89.8 Å². The molecule has 3 rings (SSSR count). The van der Waals surface area contributed by atoms with Crippen molar-refractivity contribution >= 4 is 5.97 Å². The highest BCUT2D eigenvalue weighted by molar-refractivity contribution is 5.91. The minimum absolute atomic E-state index is 0.212. The number of ether oxygens (including phenoxy) is 1. The van der Waals surface area contributed by atoms with Gasteiger partial charge in [-0.15, -0.1) is 0 Å². The first-order valence-electron chi connectivity index (χ1n) is 14.0. The summed E-state index contributed by atoms with van der Waals surface area (Å²) < 4.78 is 19.8.